The van der Waals surface area contributed by atoms with Crippen molar-refractivity contribution in [3.05, 3.63) is 41.8 Å². The van der Waals surface area contributed by atoms with Crippen LogP contribution in [0, 0.1) is 0 Å². The Hall–Kier alpha value is -1.81. The molecule has 0 aliphatic rings. The molecule has 0 aliphatic heterocycles. The molecule has 1 aromatic heterocycles. The minimum atomic E-state index is -0.823. The number of benzene rings is 1. The van der Waals surface area contributed by atoms with Gasteiger partial charge in [-0.3, -0.25) is 4.79 Å². The zero-order valence-electron chi connectivity index (χ0n) is 9.01. The van der Waals surface area contributed by atoms with Crippen LogP contribution >= 0.6 is 11.6 Å². The third kappa shape index (κ3) is 2.85. The summed E-state index contributed by atoms with van der Waals surface area (Å²) in [7, 11) is 0. The van der Waals surface area contributed by atoms with E-state index >= 15 is 0 Å². The lowest BCUT2D eigenvalue weighted by atomic mass is 10.1. The standard InChI is InChI=1S/C12H11ClN2O2/c13-10-3-1-2-9(6-10)11-7-14-8-15(11)5-4-12(16)17/h1-3,6-8H,4-5H2,(H,16,17). The van der Waals surface area contributed by atoms with E-state index in [0.29, 0.717) is 11.6 Å². The Morgan fingerprint density at radius 2 is 2.29 bits per heavy atom. The summed E-state index contributed by atoms with van der Waals surface area (Å²) >= 11 is 5.92. The maximum Gasteiger partial charge on any atom is 0.305 e. The van der Waals surface area contributed by atoms with E-state index in [1.54, 1.807) is 23.2 Å². The Kier molecular flexibility index (Phi) is 3.44. The molecule has 0 amide bonds. The van der Waals surface area contributed by atoms with E-state index in [2.05, 4.69) is 4.98 Å². The van der Waals surface area contributed by atoms with Crippen LogP contribution in [0.1, 0.15) is 6.42 Å². The van der Waals surface area contributed by atoms with Crippen molar-refractivity contribution < 1.29 is 9.90 Å². The number of aliphatic carboxylic acids is 1. The van der Waals surface area contributed by atoms with E-state index in [1.807, 2.05) is 18.2 Å². The number of halogens is 1. The van der Waals surface area contributed by atoms with Crippen molar-refractivity contribution in [1.82, 2.24) is 9.55 Å². The van der Waals surface area contributed by atoms with Crippen LogP contribution < -0.4 is 0 Å². The number of carbonyl (C=O) groups is 1. The van der Waals surface area contributed by atoms with E-state index in [1.165, 1.54) is 0 Å². The second-order valence-corrected chi connectivity index (χ2v) is 4.06. The van der Waals surface area contributed by atoms with Crippen LogP contribution in [0.5, 0.6) is 0 Å². The number of imidazole rings is 1. The van der Waals surface area contributed by atoms with Crippen molar-refractivity contribution in [2.24, 2.45) is 0 Å². The summed E-state index contributed by atoms with van der Waals surface area (Å²) < 4.78 is 1.81. The first kappa shape index (κ1) is 11.7. The molecule has 0 spiro atoms. The van der Waals surface area contributed by atoms with Crippen LogP contribution in [0.4, 0.5) is 0 Å². The first-order valence-corrected chi connectivity index (χ1v) is 5.52. The topological polar surface area (TPSA) is 55.1 Å². The number of rotatable bonds is 4. The zero-order chi connectivity index (χ0) is 12.3. The van der Waals surface area contributed by atoms with Gasteiger partial charge >= 0.3 is 5.97 Å². The molecule has 1 N–H and O–H groups in total. The second kappa shape index (κ2) is 5.01. The molecule has 5 heteroatoms. The molecule has 0 unspecified atom stereocenters. The fourth-order valence-corrected chi connectivity index (χ4v) is 1.79. The lowest BCUT2D eigenvalue weighted by Gasteiger charge is -2.06. The van der Waals surface area contributed by atoms with Gasteiger partial charge in [0.15, 0.2) is 0 Å². The van der Waals surface area contributed by atoms with E-state index in [-0.39, 0.29) is 6.42 Å². The highest BCUT2D eigenvalue weighted by Gasteiger charge is 2.06. The summed E-state index contributed by atoms with van der Waals surface area (Å²) in [6.45, 7) is 0.400. The summed E-state index contributed by atoms with van der Waals surface area (Å²) in [5, 5.41) is 9.31. The van der Waals surface area contributed by atoms with Crippen molar-refractivity contribution >= 4 is 17.6 Å². The van der Waals surface area contributed by atoms with Gasteiger partial charge in [0.25, 0.3) is 0 Å². The normalized spacial score (nSPS) is 10.4. The van der Waals surface area contributed by atoms with E-state index in [0.717, 1.165) is 11.3 Å². The van der Waals surface area contributed by atoms with Gasteiger partial charge in [0.2, 0.25) is 0 Å². The highest BCUT2D eigenvalue weighted by molar-refractivity contribution is 6.30. The second-order valence-electron chi connectivity index (χ2n) is 3.63. The molecule has 0 saturated heterocycles. The summed E-state index contributed by atoms with van der Waals surface area (Å²) in [4.78, 5) is 14.6. The first-order chi connectivity index (χ1) is 8.16. The third-order valence-electron chi connectivity index (χ3n) is 2.40. The number of carboxylic acids is 1. The van der Waals surface area contributed by atoms with Crippen molar-refractivity contribution in [3.8, 4) is 11.3 Å². The molecule has 0 saturated carbocycles. The van der Waals surface area contributed by atoms with Gasteiger partial charge in [0.05, 0.1) is 24.6 Å². The van der Waals surface area contributed by atoms with E-state index < -0.39 is 5.97 Å². The van der Waals surface area contributed by atoms with Gasteiger partial charge in [-0.1, -0.05) is 23.7 Å². The van der Waals surface area contributed by atoms with E-state index in [9.17, 15) is 4.79 Å². The molecule has 88 valence electrons. The summed E-state index contributed by atoms with van der Waals surface area (Å²) in [5.74, 6) is -0.823. The Labute approximate surface area is 103 Å². The fourth-order valence-electron chi connectivity index (χ4n) is 1.60. The number of aryl methyl sites for hydroxylation is 1. The van der Waals surface area contributed by atoms with Gasteiger partial charge in [-0.25, -0.2) is 4.98 Å². The molecule has 4 nitrogen and oxygen atoms in total. The van der Waals surface area contributed by atoms with Gasteiger partial charge in [-0.2, -0.15) is 0 Å². The molecule has 1 heterocycles. The molecular weight excluding hydrogens is 240 g/mol. The number of hydrogen-bond donors (Lipinski definition) is 1. The minimum Gasteiger partial charge on any atom is -0.481 e. The number of aromatic nitrogens is 2. The fraction of sp³-hybridized carbons (Fsp3) is 0.167. The van der Waals surface area contributed by atoms with Crippen molar-refractivity contribution in [1.29, 1.82) is 0 Å². The highest BCUT2D eigenvalue weighted by atomic mass is 35.5. The molecule has 0 atom stereocenters. The molecule has 0 bridgehead atoms. The number of hydrogen-bond acceptors (Lipinski definition) is 2. The van der Waals surface area contributed by atoms with Gasteiger partial charge in [-0.15, -0.1) is 0 Å². The monoisotopic (exact) mass is 250 g/mol. The quantitative estimate of drug-likeness (QED) is 0.908. The van der Waals surface area contributed by atoms with Crippen molar-refractivity contribution in [2.75, 3.05) is 0 Å². The largest absolute Gasteiger partial charge is 0.481 e. The maximum atomic E-state index is 10.5. The van der Waals surface area contributed by atoms with Gasteiger partial charge in [0.1, 0.15) is 0 Å². The Morgan fingerprint density at radius 1 is 1.47 bits per heavy atom. The molecule has 0 fully saturated rings. The Bertz CT molecular complexity index is 537. The number of nitrogens with zero attached hydrogens (tertiary/aromatic N) is 2. The predicted octanol–water partition coefficient (Wildman–Crippen LogP) is 2.68. The molecule has 17 heavy (non-hydrogen) atoms. The third-order valence-corrected chi connectivity index (χ3v) is 2.63. The van der Waals surface area contributed by atoms with Crippen molar-refractivity contribution in [2.45, 2.75) is 13.0 Å². The minimum absolute atomic E-state index is 0.0733. The summed E-state index contributed by atoms with van der Waals surface area (Å²) in [5.41, 5.74) is 1.80. The maximum absolute atomic E-state index is 10.5. The molecule has 0 aliphatic carbocycles. The van der Waals surface area contributed by atoms with E-state index in [4.69, 9.17) is 16.7 Å². The van der Waals surface area contributed by atoms with Gasteiger partial charge in [-0.05, 0) is 12.1 Å². The van der Waals surface area contributed by atoms with Crippen molar-refractivity contribution in [3.63, 3.8) is 0 Å². The van der Waals surface area contributed by atoms with Crippen LogP contribution in [0.3, 0.4) is 0 Å². The molecule has 0 radical (unpaired) electrons. The summed E-state index contributed by atoms with van der Waals surface area (Å²) in [6, 6.07) is 7.39. The molecule has 1 aromatic carbocycles. The highest BCUT2D eigenvalue weighted by Crippen LogP contribution is 2.22. The van der Waals surface area contributed by atoms with Crippen LogP contribution in [0.25, 0.3) is 11.3 Å². The molecule has 2 rings (SSSR count). The smallest absolute Gasteiger partial charge is 0.305 e. The lowest BCUT2D eigenvalue weighted by molar-refractivity contribution is -0.137. The lowest BCUT2D eigenvalue weighted by Crippen LogP contribution is -2.04. The van der Waals surface area contributed by atoms with Crippen LogP contribution in [0.2, 0.25) is 5.02 Å². The average molecular weight is 251 g/mol. The zero-order valence-corrected chi connectivity index (χ0v) is 9.76. The van der Waals surface area contributed by atoms with Gasteiger partial charge < -0.3 is 9.67 Å². The number of carboxylic acid groups (broad SMARTS) is 1. The Balaban J connectivity index is 2.27. The predicted molar refractivity (Wildman–Crippen MR) is 64.9 cm³/mol. The first-order valence-electron chi connectivity index (χ1n) is 5.14. The van der Waals surface area contributed by atoms with Crippen LogP contribution in [-0.4, -0.2) is 20.6 Å². The SMILES string of the molecule is O=C(O)CCn1cncc1-c1cccc(Cl)c1. The van der Waals surface area contributed by atoms with Gasteiger partial charge in [0, 0.05) is 17.1 Å². The van der Waals surface area contributed by atoms with Crippen LogP contribution in [0.15, 0.2) is 36.8 Å². The molecular formula is C12H11ClN2O2. The van der Waals surface area contributed by atoms with Crippen LogP contribution in [-0.2, 0) is 11.3 Å². The molecule has 2 aromatic rings. The Morgan fingerprint density at radius 3 is 3.00 bits per heavy atom. The summed E-state index contributed by atoms with van der Waals surface area (Å²) in [6.07, 6.45) is 3.40. The average Bonchev–Trinajstić information content (AvgIpc) is 2.74.